The van der Waals surface area contributed by atoms with Crippen LogP contribution in [0.1, 0.15) is 44.2 Å². The number of hydrogen-bond acceptors (Lipinski definition) is 2. The van der Waals surface area contributed by atoms with Crippen molar-refractivity contribution in [3.05, 3.63) is 35.4 Å². The fourth-order valence-electron chi connectivity index (χ4n) is 2.85. The van der Waals surface area contributed by atoms with E-state index in [0.29, 0.717) is 5.56 Å². The van der Waals surface area contributed by atoms with E-state index in [9.17, 15) is 8.78 Å². The lowest BCUT2D eigenvalue weighted by Crippen LogP contribution is -2.35. The molecule has 0 aliphatic heterocycles. The van der Waals surface area contributed by atoms with E-state index in [-0.39, 0.29) is 12.0 Å². The number of rotatable bonds is 3. The molecule has 1 unspecified atom stereocenters. The van der Waals surface area contributed by atoms with E-state index in [1.165, 1.54) is 12.1 Å². The first-order valence-electron chi connectivity index (χ1n) is 6.53. The van der Waals surface area contributed by atoms with E-state index >= 15 is 0 Å². The summed E-state index contributed by atoms with van der Waals surface area (Å²) in [6.45, 7) is 2.23. The Kier molecular flexibility index (Phi) is 4.30. The van der Waals surface area contributed by atoms with Crippen LogP contribution in [0.2, 0.25) is 0 Å². The van der Waals surface area contributed by atoms with Gasteiger partial charge in [0.05, 0.1) is 6.04 Å². The molecule has 0 spiro atoms. The molecule has 1 fully saturated rings. The van der Waals surface area contributed by atoms with Gasteiger partial charge < -0.3 is 0 Å². The summed E-state index contributed by atoms with van der Waals surface area (Å²) in [5.41, 5.74) is 3.01. The van der Waals surface area contributed by atoms with Crippen molar-refractivity contribution in [2.75, 3.05) is 0 Å². The number of hydrazine groups is 1. The largest absolute Gasteiger partial charge is 0.271 e. The minimum Gasteiger partial charge on any atom is -0.271 e. The van der Waals surface area contributed by atoms with Crippen molar-refractivity contribution in [2.45, 2.75) is 38.6 Å². The van der Waals surface area contributed by atoms with E-state index in [4.69, 9.17) is 5.84 Å². The molecule has 3 N–H and O–H groups in total. The molecular weight excluding hydrogens is 234 g/mol. The molecule has 0 aromatic heterocycles. The van der Waals surface area contributed by atoms with Crippen LogP contribution < -0.4 is 11.3 Å². The van der Waals surface area contributed by atoms with Gasteiger partial charge in [-0.2, -0.15) is 0 Å². The number of nitrogens with one attached hydrogen (secondary N) is 1. The minimum atomic E-state index is -0.421. The van der Waals surface area contributed by atoms with Gasteiger partial charge in [-0.3, -0.25) is 11.3 Å². The van der Waals surface area contributed by atoms with Crippen molar-refractivity contribution in [3.8, 4) is 0 Å². The maximum Gasteiger partial charge on any atom is 0.128 e. The third-order valence-electron chi connectivity index (χ3n) is 4.00. The molecule has 1 aromatic carbocycles. The first-order valence-corrected chi connectivity index (χ1v) is 6.53. The number of nitrogens with two attached hydrogens (primary N) is 1. The summed E-state index contributed by atoms with van der Waals surface area (Å²) < 4.78 is 27.0. The van der Waals surface area contributed by atoms with Crippen LogP contribution in [0, 0.1) is 23.5 Å². The minimum absolute atomic E-state index is 0.280. The van der Waals surface area contributed by atoms with Gasteiger partial charge in [0.25, 0.3) is 0 Å². The molecule has 1 saturated carbocycles. The van der Waals surface area contributed by atoms with Crippen LogP contribution in [-0.4, -0.2) is 0 Å². The molecule has 0 saturated heterocycles. The summed E-state index contributed by atoms with van der Waals surface area (Å²) in [4.78, 5) is 0. The van der Waals surface area contributed by atoms with Gasteiger partial charge in [-0.15, -0.1) is 0 Å². The summed E-state index contributed by atoms with van der Waals surface area (Å²) in [5, 5.41) is 0. The average Bonchev–Trinajstić information content (AvgIpc) is 2.37. The van der Waals surface area contributed by atoms with Crippen molar-refractivity contribution in [1.82, 2.24) is 5.43 Å². The number of hydrogen-bond donors (Lipinski definition) is 2. The number of halogens is 2. The van der Waals surface area contributed by atoms with E-state index in [1.54, 1.807) is 0 Å². The Hall–Kier alpha value is -1.00. The first kappa shape index (κ1) is 13.4. The highest BCUT2D eigenvalue weighted by molar-refractivity contribution is 5.23. The number of benzene rings is 1. The Labute approximate surface area is 107 Å². The van der Waals surface area contributed by atoms with Crippen LogP contribution in [0.25, 0.3) is 0 Å². The van der Waals surface area contributed by atoms with Gasteiger partial charge >= 0.3 is 0 Å². The van der Waals surface area contributed by atoms with Crippen molar-refractivity contribution in [2.24, 2.45) is 17.7 Å². The summed E-state index contributed by atoms with van der Waals surface area (Å²) in [7, 11) is 0. The zero-order valence-electron chi connectivity index (χ0n) is 10.6. The van der Waals surface area contributed by atoms with Crippen LogP contribution in [0.4, 0.5) is 8.78 Å². The Morgan fingerprint density at radius 1 is 1.22 bits per heavy atom. The molecule has 1 aliphatic carbocycles. The van der Waals surface area contributed by atoms with Gasteiger partial charge in [-0.25, -0.2) is 8.78 Å². The van der Waals surface area contributed by atoms with Crippen molar-refractivity contribution in [1.29, 1.82) is 0 Å². The quantitative estimate of drug-likeness (QED) is 0.641. The smallest absolute Gasteiger partial charge is 0.128 e. The first-order chi connectivity index (χ1) is 8.61. The predicted molar refractivity (Wildman–Crippen MR) is 67.5 cm³/mol. The lowest BCUT2D eigenvalue weighted by Gasteiger charge is -2.32. The van der Waals surface area contributed by atoms with Crippen LogP contribution in [-0.2, 0) is 0 Å². The monoisotopic (exact) mass is 254 g/mol. The summed E-state index contributed by atoms with van der Waals surface area (Å²) in [6, 6.07) is 3.25. The van der Waals surface area contributed by atoms with Gasteiger partial charge in [-0.05, 0) is 42.9 Å². The Morgan fingerprint density at radius 3 is 2.50 bits per heavy atom. The van der Waals surface area contributed by atoms with Crippen molar-refractivity contribution < 1.29 is 8.78 Å². The van der Waals surface area contributed by atoms with E-state index in [0.717, 1.165) is 37.7 Å². The van der Waals surface area contributed by atoms with Crippen LogP contribution >= 0.6 is 0 Å². The Bertz CT molecular complexity index is 401. The predicted octanol–water partition coefficient (Wildman–Crippen LogP) is 3.30. The lowest BCUT2D eigenvalue weighted by atomic mass is 9.77. The van der Waals surface area contributed by atoms with Gasteiger partial charge in [-0.1, -0.05) is 19.8 Å². The lowest BCUT2D eigenvalue weighted by molar-refractivity contribution is 0.229. The van der Waals surface area contributed by atoms with Crippen molar-refractivity contribution in [3.63, 3.8) is 0 Å². The Balaban J connectivity index is 2.19. The topological polar surface area (TPSA) is 38.0 Å². The van der Waals surface area contributed by atoms with E-state index in [1.807, 2.05) is 0 Å². The van der Waals surface area contributed by atoms with Gasteiger partial charge in [0.2, 0.25) is 0 Å². The standard InChI is InChI=1S/C14H20F2N2/c1-9-2-4-10(5-3-9)14(18-17)12-8-11(15)6-7-13(12)16/h6-10,14,18H,2-5,17H2,1H3. The molecule has 18 heavy (non-hydrogen) atoms. The second kappa shape index (κ2) is 5.76. The second-order valence-corrected chi connectivity index (χ2v) is 5.33. The van der Waals surface area contributed by atoms with Crippen LogP contribution in [0.15, 0.2) is 18.2 Å². The maximum absolute atomic E-state index is 13.8. The molecule has 1 atom stereocenters. The average molecular weight is 254 g/mol. The molecule has 1 aromatic rings. The van der Waals surface area contributed by atoms with Crippen LogP contribution in [0.3, 0.4) is 0 Å². The van der Waals surface area contributed by atoms with Crippen LogP contribution in [0.5, 0.6) is 0 Å². The molecule has 0 radical (unpaired) electrons. The summed E-state index contributed by atoms with van der Waals surface area (Å²) in [6.07, 6.45) is 4.26. The van der Waals surface area contributed by atoms with Gasteiger partial charge in [0.15, 0.2) is 0 Å². The molecule has 0 amide bonds. The maximum atomic E-state index is 13.8. The molecule has 2 rings (SSSR count). The van der Waals surface area contributed by atoms with Crippen molar-refractivity contribution >= 4 is 0 Å². The highest BCUT2D eigenvalue weighted by Crippen LogP contribution is 2.37. The fraction of sp³-hybridized carbons (Fsp3) is 0.571. The highest BCUT2D eigenvalue weighted by atomic mass is 19.1. The molecular formula is C14H20F2N2. The summed E-state index contributed by atoms with van der Waals surface area (Å²) >= 11 is 0. The normalized spacial score (nSPS) is 26.0. The SMILES string of the molecule is CC1CCC(C(NN)c2cc(F)ccc2F)CC1. The van der Waals surface area contributed by atoms with E-state index in [2.05, 4.69) is 12.3 Å². The molecule has 2 nitrogen and oxygen atoms in total. The zero-order chi connectivity index (χ0) is 13.1. The molecule has 100 valence electrons. The fourth-order valence-corrected chi connectivity index (χ4v) is 2.85. The third kappa shape index (κ3) is 2.87. The molecule has 0 heterocycles. The van der Waals surface area contributed by atoms with E-state index < -0.39 is 11.6 Å². The second-order valence-electron chi connectivity index (χ2n) is 5.33. The molecule has 1 aliphatic rings. The molecule has 4 heteroatoms. The highest BCUT2D eigenvalue weighted by Gasteiger charge is 2.28. The summed E-state index contributed by atoms with van der Waals surface area (Å²) in [5.74, 6) is 5.74. The zero-order valence-corrected chi connectivity index (χ0v) is 10.6. The van der Waals surface area contributed by atoms with Gasteiger partial charge in [0.1, 0.15) is 11.6 Å². The van der Waals surface area contributed by atoms with Gasteiger partial charge in [0, 0.05) is 5.56 Å². The Morgan fingerprint density at radius 2 is 1.89 bits per heavy atom. The third-order valence-corrected chi connectivity index (χ3v) is 4.00. The molecule has 0 bridgehead atoms.